The maximum Gasteiger partial charge on any atom is 0.337 e. The van der Waals surface area contributed by atoms with Crippen LogP contribution < -0.4 is 14.7 Å². The predicted molar refractivity (Wildman–Crippen MR) is 128 cm³/mol. The Morgan fingerprint density at radius 3 is 2.20 bits per heavy atom. The average Bonchev–Trinajstić information content (AvgIpc) is 3.39. The Labute approximate surface area is 202 Å². The fourth-order valence-corrected chi connectivity index (χ4v) is 4.69. The van der Waals surface area contributed by atoms with Gasteiger partial charge in [0.05, 0.1) is 37.2 Å². The molecule has 5 rings (SSSR count). The summed E-state index contributed by atoms with van der Waals surface area (Å²) in [5.41, 5.74) is 3.30. The van der Waals surface area contributed by atoms with Gasteiger partial charge in [-0.25, -0.2) is 14.8 Å². The molecule has 0 spiro atoms. The highest BCUT2D eigenvalue weighted by molar-refractivity contribution is 6.24. The molecular formula is C27H24N2O6. The lowest BCUT2D eigenvalue weighted by molar-refractivity contribution is -0.126. The minimum atomic E-state index is -0.977. The molecule has 0 saturated carbocycles. The molecule has 3 aromatic carbocycles. The zero-order chi connectivity index (χ0) is 24.7. The number of fused-ring (bicyclic) bond motifs is 1. The Hall–Kier alpha value is -4.17. The highest BCUT2D eigenvalue weighted by Crippen LogP contribution is 2.48. The van der Waals surface area contributed by atoms with Gasteiger partial charge in [-0.2, -0.15) is 0 Å². The molecule has 2 aliphatic heterocycles. The molecule has 8 nitrogen and oxygen atoms in total. The van der Waals surface area contributed by atoms with Crippen LogP contribution in [0, 0.1) is 12.8 Å². The van der Waals surface area contributed by atoms with Gasteiger partial charge in [-0.1, -0.05) is 30.3 Å². The first-order valence-corrected chi connectivity index (χ1v) is 11.2. The summed E-state index contributed by atoms with van der Waals surface area (Å²) in [5, 5.41) is 1.65. The molecule has 2 amide bonds. The molecule has 0 bridgehead atoms. The third-order valence-electron chi connectivity index (χ3n) is 6.47. The molecule has 8 heteroatoms. The Morgan fingerprint density at radius 2 is 1.57 bits per heavy atom. The standard InChI is InChI=1S/C27H24N2O6/c1-16-6-4-5-7-21(16)29-23(17-8-10-18(11-9-17)27(32)34-3)22-24(35-29)26(31)28(25(22)30)19-12-14-20(33-2)15-13-19/h4-15,22-24H,1-3H3/t22-,23+,24+/m0/s1. The highest BCUT2D eigenvalue weighted by Gasteiger charge is 2.60. The fourth-order valence-electron chi connectivity index (χ4n) is 4.69. The van der Waals surface area contributed by atoms with Crippen molar-refractivity contribution in [2.45, 2.75) is 19.1 Å². The first-order chi connectivity index (χ1) is 16.9. The molecule has 2 aliphatic rings. The van der Waals surface area contributed by atoms with Crippen LogP contribution in [0.1, 0.15) is 27.5 Å². The molecule has 2 saturated heterocycles. The van der Waals surface area contributed by atoms with Gasteiger partial charge >= 0.3 is 5.97 Å². The number of esters is 1. The van der Waals surface area contributed by atoms with E-state index in [1.807, 2.05) is 31.2 Å². The lowest BCUT2D eigenvalue weighted by Crippen LogP contribution is -2.37. The summed E-state index contributed by atoms with van der Waals surface area (Å²) < 4.78 is 9.99. The van der Waals surface area contributed by atoms with Crippen molar-refractivity contribution < 1.29 is 28.7 Å². The van der Waals surface area contributed by atoms with Gasteiger partial charge in [0.25, 0.3) is 5.91 Å². The number of anilines is 2. The molecular weight excluding hydrogens is 448 g/mol. The maximum atomic E-state index is 13.7. The molecule has 0 N–H and O–H groups in total. The number of ether oxygens (including phenoxy) is 2. The van der Waals surface area contributed by atoms with Crippen molar-refractivity contribution in [1.29, 1.82) is 0 Å². The van der Waals surface area contributed by atoms with Gasteiger partial charge < -0.3 is 9.47 Å². The number of aryl methyl sites for hydroxylation is 1. The second-order valence-electron chi connectivity index (χ2n) is 8.43. The van der Waals surface area contributed by atoms with Crippen molar-refractivity contribution in [2.75, 3.05) is 24.2 Å². The van der Waals surface area contributed by atoms with Gasteiger partial charge in [0.15, 0.2) is 6.10 Å². The molecule has 0 aliphatic carbocycles. The lowest BCUT2D eigenvalue weighted by atomic mass is 9.90. The number of rotatable bonds is 5. The maximum absolute atomic E-state index is 13.7. The van der Waals surface area contributed by atoms with E-state index in [9.17, 15) is 14.4 Å². The van der Waals surface area contributed by atoms with E-state index < -0.39 is 29.9 Å². The summed E-state index contributed by atoms with van der Waals surface area (Å²) in [5.74, 6) is -1.36. The van der Waals surface area contributed by atoms with Crippen molar-refractivity contribution in [3.8, 4) is 5.75 Å². The van der Waals surface area contributed by atoms with Crippen LogP contribution in [0.5, 0.6) is 5.75 Å². The lowest BCUT2D eigenvalue weighted by Gasteiger charge is -2.29. The number of hydrogen-bond acceptors (Lipinski definition) is 7. The van der Waals surface area contributed by atoms with Gasteiger partial charge in [-0.15, -0.1) is 0 Å². The normalized spacial score (nSPS) is 21.3. The molecule has 0 unspecified atom stereocenters. The van der Waals surface area contributed by atoms with Crippen LogP contribution in [0.15, 0.2) is 72.8 Å². The average molecular weight is 472 g/mol. The van der Waals surface area contributed by atoms with Gasteiger partial charge in [-0.05, 0) is 60.5 Å². The summed E-state index contributed by atoms with van der Waals surface area (Å²) in [6.45, 7) is 1.94. The van der Waals surface area contributed by atoms with Gasteiger partial charge in [0, 0.05) is 0 Å². The van der Waals surface area contributed by atoms with E-state index in [4.69, 9.17) is 14.3 Å². The van der Waals surface area contributed by atoms with E-state index in [0.29, 0.717) is 17.0 Å². The number of nitrogens with zero attached hydrogens (tertiary/aromatic N) is 2. The van der Waals surface area contributed by atoms with Crippen molar-refractivity contribution in [3.63, 3.8) is 0 Å². The number of methoxy groups -OCH3 is 2. The zero-order valence-electron chi connectivity index (χ0n) is 19.5. The smallest absolute Gasteiger partial charge is 0.337 e. The van der Waals surface area contributed by atoms with Crippen LogP contribution in [0.3, 0.4) is 0 Å². The number of carbonyl (C=O) groups is 3. The number of carbonyl (C=O) groups excluding carboxylic acids is 3. The van der Waals surface area contributed by atoms with Crippen LogP contribution in [-0.2, 0) is 19.2 Å². The van der Waals surface area contributed by atoms with Gasteiger partial charge in [0.1, 0.15) is 11.7 Å². The molecule has 3 aromatic rings. The molecule has 2 fully saturated rings. The third kappa shape index (κ3) is 3.72. The zero-order valence-corrected chi connectivity index (χ0v) is 19.5. The third-order valence-corrected chi connectivity index (χ3v) is 6.47. The van der Waals surface area contributed by atoms with E-state index in [2.05, 4.69) is 0 Å². The van der Waals surface area contributed by atoms with E-state index >= 15 is 0 Å². The van der Waals surface area contributed by atoms with Crippen molar-refractivity contribution >= 4 is 29.2 Å². The second-order valence-corrected chi connectivity index (χ2v) is 8.43. The Morgan fingerprint density at radius 1 is 0.886 bits per heavy atom. The predicted octanol–water partition coefficient (Wildman–Crippen LogP) is 3.84. The minimum absolute atomic E-state index is 0.344. The Balaban J connectivity index is 1.56. The molecule has 0 aromatic heterocycles. The highest BCUT2D eigenvalue weighted by atomic mass is 16.7. The number of para-hydroxylation sites is 1. The van der Waals surface area contributed by atoms with E-state index in [-0.39, 0.29) is 5.91 Å². The topological polar surface area (TPSA) is 85.4 Å². The van der Waals surface area contributed by atoms with Crippen LogP contribution in [-0.4, -0.2) is 38.1 Å². The Bertz CT molecular complexity index is 1290. The van der Waals surface area contributed by atoms with Gasteiger partial charge in [-0.3, -0.25) is 14.4 Å². The molecule has 2 heterocycles. The summed E-state index contributed by atoms with van der Waals surface area (Å²) in [4.78, 5) is 46.5. The summed E-state index contributed by atoms with van der Waals surface area (Å²) in [6, 6.07) is 20.6. The van der Waals surface area contributed by atoms with E-state index in [1.165, 1.54) is 12.0 Å². The molecule has 0 radical (unpaired) electrons. The van der Waals surface area contributed by atoms with Crippen LogP contribution >= 0.6 is 0 Å². The van der Waals surface area contributed by atoms with Crippen molar-refractivity contribution in [3.05, 3.63) is 89.5 Å². The van der Waals surface area contributed by atoms with E-state index in [1.54, 1.807) is 60.7 Å². The number of hydroxylamine groups is 1. The largest absolute Gasteiger partial charge is 0.497 e. The summed E-state index contributed by atoms with van der Waals surface area (Å²) in [7, 11) is 2.87. The number of imide groups is 1. The summed E-state index contributed by atoms with van der Waals surface area (Å²) >= 11 is 0. The van der Waals surface area contributed by atoms with Crippen molar-refractivity contribution in [2.24, 2.45) is 5.92 Å². The SMILES string of the molecule is COC(=O)c1ccc([C@@H]2[C@@H]3C(=O)N(c4ccc(OC)cc4)C(=O)[C@@H]3ON2c2ccccc2C)cc1. The quantitative estimate of drug-likeness (QED) is 0.412. The van der Waals surface area contributed by atoms with Crippen LogP contribution in [0.4, 0.5) is 11.4 Å². The summed E-state index contributed by atoms with van der Waals surface area (Å²) in [6.07, 6.45) is -0.977. The fraction of sp³-hybridized carbons (Fsp3) is 0.222. The first-order valence-electron chi connectivity index (χ1n) is 11.2. The number of benzene rings is 3. The number of amides is 2. The molecule has 35 heavy (non-hydrogen) atoms. The van der Waals surface area contributed by atoms with Gasteiger partial charge in [0.2, 0.25) is 5.91 Å². The first kappa shape index (κ1) is 22.6. The van der Waals surface area contributed by atoms with Crippen LogP contribution in [0.2, 0.25) is 0 Å². The van der Waals surface area contributed by atoms with Crippen LogP contribution in [0.25, 0.3) is 0 Å². The van der Waals surface area contributed by atoms with Crippen molar-refractivity contribution in [1.82, 2.24) is 0 Å². The minimum Gasteiger partial charge on any atom is -0.497 e. The Kier molecular flexibility index (Phi) is 5.74. The monoisotopic (exact) mass is 472 g/mol. The number of hydrogen-bond donors (Lipinski definition) is 0. The molecule has 178 valence electrons. The van der Waals surface area contributed by atoms with E-state index in [0.717, 1.165) is 16.8 Å². The second kappa shape index (κ2) is 8.88. The molecule has 3 atom stereocenters.